The summed E-state index contributed by atoms with van der Waals surface area (Å²) in [4.78, 5) is 0. The van der Waals surface area contributed by atoms with Crippen LogP contribution in [-0.4, -0.2) is 18.3 Å². The highest BCUT2D eigenvalue weighted by Crippen LogP contribution is 2.15. The molecule has 0 spiro atoms. The molecule has 2 heteroatoms. The molecule has 0 fully saturated rings. The number of aliphatic hydroxyl groups excluding tert-OH is 1. The van der Waals surface area contributed by atoms with Gasteiger partial charge < -0.3 is 10.4 Å². The van der Waals surface area contributed by atoms with E-state index in [9.17, 15) is 0 Å². The lowest BCUT2D eigenvalue weighted by Gasteiger charge is -2.14. The van der Waals surface area contributed by atoms with E-state index < -0.39 is 0 Å². The van der Waals surface area contributed by atoms with Crippen molar-refractivity contribution >= 4 is 10.8 Å². The molecule has 2 nitrogen and oxygen atoms in total. The smallest absolute Gasteiger partial charge is 0.0434 e. The Morgan fingerprint density at radius 2 is 1.89 bits per heavy atom. The van der Waals surface area contributed by atoms with Crippen molar-refractivity contribution in [3.8, 4) is 0 Å². The van der Waals surface area contributed by atoms with Crippen molar-refractivity contribution in [3.63, 3.8) is 0 Å². The SMILES string of the molecule is CCC(CCO)CNCc1ccc2ccccc2c1. The van der Waals surface area contributed by atoms with E-state index in [1.165, 1.54) is 16.3 Å². The first-order valence-corrected chi connectivity index (χ1v) is 7.12. The van der Waals surface area contributed by atoms with Crippen LogP contribution < -0.4 is 5.32 Å². The predicted octanol–water partition coefficient (Wildman–Crippen LogP) is 3.34. The maximum atomic E-state index is 8.97. The molecule has 0 saturated heterocycles. The van der Waals surface area contributed by atoms with Crippen LogP contribution >= 0.6 is 0 Å². The minimum atomic E-state index is 0.288. The molecule has 2 N–H and O–H groups in total. The minimum Gasteiger partial charge on any atom is -0.396 e. The van der Waals surface area contributed by atoms with Gasteiger partial charge in [-0.3, -0.25) is 0 Å². The van der Waals surface area contributed by atoms with Gasteiger partial charge in [0.15, 0.2) is 0 Å². The first-order chi connectivity index (χ1) is 9.33. The van der Waals surface area contributed by atoms with Crippen molar-refractivity contribution in [2.24, 2.45) is 5.92 Å². The van der Waals surface area contributed by atoms with Gasteiger partial charge in [-0.15, -0.1) is 0 Å². The minimum absolute atomic E-state index is 0.288. The van der Waals surface area contributed by atoms with Gasteiger partial charge in [0, 0.05) is 13.2 Å². The highest BCUT2D eigenvalue weighted by Gasteiger charge is 2.04. The average Bonchev–Trinajstić information content (AvgIpc) is 2.46. The molecule has 0 aliphatic rings. The molecule has 0 aromatic heterocycles. The number of fused-ring (bicyclic) bond motifs is 1. The molecule has 1 unspecified atom stereocenters. The summed E-state index contributed by atoms with van der Waals surface area (Å²) in [6.45, 7) is 4.34. The molecule has 102 valence electrons. The van der Waals surface area contributed by atoms with Gasteiger partial charge in [-0.25, -0.2) is 0 Å². The number of hydrogen-bond donors (Lipinski definition) is 2. The maximum Gasteiger partial charge on any atom is 0.0434 e. The molecule has 2 aromatic carbocycles. The van der Waals surface area contributed by atoms with Crippen LogP contribution in [0, 0.1) is 5.92 Å². The summed E-state index contributed by atoms with van der Waals surface area (Å²) in [7, 11) is 0. The second-order valence-corrected chi connectivity index (χ2v) is 5.10. The van der Waals surface area contributed by atoms with Crippen molar-refractivity contribution in [2.45, 2.75) is 26.3 Å². The molecule has 19 heavy (non-hydrogen) atoms. The van der Waals surface area contributed by atoms with Gasteiger partial charge in [-0.05, 0) is 41.3 Å². The largest absolute Gasteiger partial charge is 0.396 e. The highest BCUT2D eigenvalue weighted by molar-refractivity contribution is 5.82. The average molecular weight is 257 g/mol. The van der Waals surface area contributed by atoms with Gasteiger partial charge >= 0.3 is 0 Å². The van der Waals surface area contributed by atoms with Crippen molar-refractivity contribution in [3.05, 3.63) is 48.0 Å². The van der Waals surface area contributed by atoms with Crippen molar-refractivity contribution in [1.29, 1.82) is 0 Å². The number of rotatable bonds is 7. The molecular weight excluding hydrogens is 234 g/mol. The Morgan fingerprint density at radius 1 is 1.11 bits per heavy atom. The lowest BCUT2D eigenvalue weighted by Crippen LogP contribution is -2.22. The standard InChI is InChI=1S/C17H23NO/c1-2-14(9-10-19)12-18-13-15-7-8-16-5-3-4-6-17(16)11-15/h3-8,11,14,18-19H,2,9-10,12-13H2,1H3. The zero-order chi connectivity index (χ0) is 13.5. The lowest BCUT2D eigenvalue weighted by molar-refractivity contribution is 0.251. The van der Waals surface area contributed by atoms with Crippen LogP contribution in [-0.2, 0) is 6.54 Å². The molecule has 2 aromatic rings. The van der Waals surface area contributed by atoms with Crippen LogP contribution in [0.3, 0.4) is 0 Å². The van der Waals surface area contributed by atoms with E-state index in [-0.39, 0.29) is 6.61 Å². The summed E-state index contributed by atoms with van der Waals surface area (Å²) in [6.07, 6.45) is 2.01. The fraction of sp³-hybridized carbons (Fsp3) is 0.412. The van der Waals surface area contributed by atoms with Gasteiger partial charge in [0.25, 0.3) is 0 Å². The molecule has 0 saturated carbocycles. The Morgan fingerprint density at radius 3 is 2.63 bits per heavy atom. The van der Waals surface area contributed by atoms with Crippen LogP contribution in [0.15, 0.2) is 42.5 Å². The van der Waals surface area contributed by atoms with Crippen molar-refractivity contribution in [2.75, 3.05) is 13.2 Å². The second kappa shape index (κ2) is 7.27. The molecule has 0 bridgehead atoms. The van der Waals surface area contributed by atoms with E-state index in [4.69, 9.17) is 5.11 Å². The third-order valence-corrected chi connectivity index (χ3v) is 3.69. The second-order valence-electron chi connectivity index (χ2n) is 5.10. The van der Waals surface area contributed by atoms with Crippen LogP contribution in [0.5, 0.6) is 0 Å². The Hall–Kier alpha value is -1.38. The van der Waals surface area contributed by atoms with E-state index in [1.807, 2.05) is 0 Å². The quantitative estimate of drug-likeness (QED) is 0.797. The fourth-order valence-electron chi connectivity index (χ4n) is 2.40. The van der Waals surface area contributed by atoms with Gasteiger partial charge in [0.2, 0.25) is 0 Å². The monoisotopic (exact) mass is 257 g/mol. The van der Waals surface area contributed by atoms with Crippen molar-refractivity contribution in [1.82, 2.24) is 5.32 Å². The Kier molecular flexibility index (Phi) is 5.37. The van der Waals surface area contributed by atoms with E-state index in [1.54, 1.807) is 0 Å². The van der Waals surface area contributed by atoms with Crippen LogP contribution in [0.1, 0.15) is 25.3 Å². The maximum absolute atomic E-state index is 8.97. The zero-order valence-electron chi connectivity index (χ0n) is 11.6. The summed E-state index contributed by atoms with van der Waals surface area (Å²) >= 11 is 0. The molecule has 0 radical (unpaired) electrons. The zero-order valence-corrected chi connectivity index (χ0v) is 11.6. The highest BCUT2D eigenvalue weighted by atomic mass is 16.3. The predicted molar refractivity (Wildman–Crippen MR) is 81.1 cm³/mol. The first-order valence-electron chi connectivity index (χ1n) is 7.12. The summed E-state index contributed by atoms with van der Waals surface area (Å²) < 4.78 is 0. The molecule has 2 rings (SSSR count). The summed E-state index contributed by atoms with van der Waals surface area (Å²) in [5, 5.41) is 15.1. The van der Waals surface area contributed by atoms with E-state index >= 15 is 0 Å². The number of benzene rings is 2. The van der Waals surface area contributed by atoms with Crippen molar-refractivity contribution < 1.29 is 5.11 Å². The third-order valence-electron chi connectivity index (χ3n) is 3.69. The van der Waals surface area contributed by atoms with Crippen LogP contribution in [0.25, 0.3) is 10.8 Å². The Balaban J connectivity index is 1.90. The third kappa shape index (κ3) is 4.05. The Labute approximate surface area is 115 Å². The number of nitrogens with one attached hydrogen (secondary N) is 1. The first kappa shape index (κ1) is 14.0. The van der Waals surface area contributed by atoms with Gasteiger partial charge in [0.05, 0.1) is 0 Å². The summed E-state index contributed by atoms with van der Waals surface area (Å²) in [6, 6.07) is 15.0. The molecule has 0 amide bonds. The normalized spacial score (nSPS) is 12.7. The molecule has 0 aliphatic carbocycles. The molecule has 1 atom stereocenters. The van der Waals surface area contributed by atoms with Crippen LogP contribution in [0.2, 0.25) is 0 Å². The van der Waals surface area contributed by atoms with E-state index in [0.717, 1.165) is 25.9 Å². The van der Waals surface area contributed by atoms with Gasteiger partial charge in [-0.2, -0.15) is 0 Å². The summed E-state index contributed by atoms with van der Waals surface area (Å²) in [5.41, 5.74) is 1.32. The van der Waals surface area contributed by atoms with E-state index in [0.29, 0.717) is 5.92 Å². The Bertz CT molecular complexity index is 509. The van der Waals surface area contributed by atoms with E-state index in [2.05, 4.69) is 54.7 Å². The number of hydrogen-bond acceptors (Lipinski definition) is 2. The number of aliphatic hydroxyl groups is 1. The van der Waals surface area contributed by atoms with Gasteiger partial charge in [-0.1, -0.05) is 49.7 Å². The molecular formula is C17H23NO. The topological polar surface area (TPSA) is 32.3 Å². The molecule has 0 heterocycles. The molecule has 0 aliphatic heterocycles. The summed E-state index contributed by atoms with van der Waals surface area (Å²) in [5.74, 6) is 0.574. The lowest BCUT2D eigenvalue weighted by atomic mass is 10.0. The van der Waals surface area contributed by atoms with Gasteiger partial charge in [0.1, 0.15) is 0 Å². The van der Waals surface area contributed by atoms with Crippen LogP contribution in [0.4, 0.5) is 0 Å². The fourth-order valence-corrected chi connectivity index (χ4v) is 2.40.